The van der Waals surface area contributed by atoms with Crippen LogP contribution in [-0.2, 0) is 4.74 Å². The number of carbonyl (C=O) groups is 2. The first-order valence-electron chi connectivity index (χ1n) is 10.9. The zero-order valence-electron chi connectivity index (χ0n) is 18.3. The number of rotatable bonds is 4. The normalized spacial score (nSPS) is 18.5. The summed E-state index contributed by atoms with van der Waals surface area (Å²) < 4.78 is 4.82. The summed E-state index contributed by atoms with van der Waals surface area (Å²) >= 11 is 6.22. The molecule has 11 heteroatoms. The topological polar surface area (TPSA) is 116 Å². The Morgan fingerprint density at radius 1 is 1.21 bits per heavy atom. The lowest BCUT2D eigenvalue weighted by atomic mass is 10.2. The van der Waals surface area contributed by atoms with Gasteiger partial charge in [-0.05, 0) is 38.0 Å². The summed E-state index contributed by atoms with van der Waals surface area (Å²) in [5, 5.41) is 11.9. The van der Waals surface area contributed by atoms with Crippen LogP contribution in [0.4, 0.5) is 16.4 Å². The molecule has 33 heavy (non-hydrogen) atoms. The van der Waals surface area contributed by atoms with Crippen LogP contribution in [0.25, 0.3) is 10.9 Å². The maximum absolute atomic E-state index is 13.3. The van der Waals surface area contributed by atoms with Gasteiger partial charge in [0.15, 0.2) is 5.82 Å². The Kier molecular flexibility index (Phi) is 5.53. The molecule has 2 amide bonds. The van der Waals surface area contributed by atoms with Crippen LogP contribution < -0.4 is 5.32 Å². The SMILES string of the molecule is COC(=O)N1CCN(C(=O)c2nc(Nc3cc(C4CC4)[nH]n3)c3cc(Cl)ccc3n2)C[C@H]1C. The summed E-state index contributed by atoms with van der Waals surface area (Å²) in [7, 11) is 1.35. The average molecular weight is 470 g/mol. The molecule has 5 rings (SSSR count). The molecule has 10 nitrogen and oxygen atoms in total. The third-order valence-corrected chi connectivity index (χ3v) is 6.27. The Balaban J connectivity index is 1.44. The molecule has 172 valence electrons. The smallest absolute Gasteiger partial charge is 0.409 e. The molecule has 0 spiro atoms. The number of methoxy groups -OCH3 is 1. The molecular formula is C22H24ClN7O3. The summed E-state index contributed by atoms with van der Waals surface area (Å²) in [6, 6.07) is 7.03. The Hall–Kier alpha value is -3.40. The number of hydrogen-bond donors (Lipinski definition) is 2. The van der Waals surface area contributed by atoms with Gasteiger partial charge < -0.3 is 19.9 Å². The number of halogens is 1. The van der Waals surface area contributed by atoms with E-state index >= 15 is 0 Å². The molecule has 0 radical (unpaired) electrons. The predicted octanol–water partition coefficient (Wildman–Crippen LogP) is 3.54. The lowest BCUT2D eigenvalue weighted by Crippen LogP contribution is -2.55. The number of carbonyl (C=O) groups excluding carboxylic acids is 2. The molecule has 1 atom stereocenters. The lowest BCUT2D eigenvalue weighted by molar-refractivity contribution is 0.0458. The van der Waals surface area contributed by atoms with Gasteiger partial charge in [0.2, 0.25) is 5.82 Å². The van der Waals surface area contributed by atoms with E-state index in [4.69, 9.17) is 16.3 Å². The van der Waals surface area contributed by atoms with E-state index in [1.54, 1.807) is 28.0 Å². The van der Waals surface area contributed by atoms with E-state index in [2.05, 4.69) is 25.5 Å². The number of aromatic nitrogens is 4. The number of H-pyrrole nitrogens is 1. The van der Waals surface area contributed by atoms with Crippen LogP contribution in [0.3, 0.4) is 0 Å². The largest absolute Gasteiger partial charge is 0.453 e. The Morgan fingerprint density at radius 3 is 2.76 bits per heavy atom. The van der Waals surface area contributed by atoms with Crippen LogP contribution in [0.15, 0.2) is 24.3 Å². The second kappa shape index (κ2) is 8.51. The van der Waals surface area contributed by atoms with Gasteiger partial charge in [0.05, 0.1) is 12.6 Å². The van der Waals surface area contributed by atoms with E-state index in [1.165, 1.54) is 7.11 Å². The predicted molar refractivity (Wildman–Crippen MR) is 123 cm³/mol. The summed E-state index contributed by atoms with van der Waals surface area (Å²) in [5.41, 5.74) is 1.68. The van der Waals surface area contributed by atoms with Crippen molar-refractivity contribution in [2.45, 2.75) is 31.7 Å². The van der Waals surface area contributed by atoms with Crippen molar-refractivity contribution in [3.05, 3.63) is 40.8 Å². The maximum Gasteiger partial charge on any atom is 0.409 e. The number of hydrogen-bond acceptors (Lipinski definition) is 7. The van der Waals surface area contributed by atoms with Gasteiger partial charge >= 0.3 is 6.09 Å². The van der Waals surface area contributed by atoms with Crippen LogP contribution in [0.1, 0.15) is 42.0 Å². The monoisotopic (exact) mass is 469 g/mol. The minimum atomic E-state index is -0.399. The molecule has 2 aliphatic rings. The summed E-state index contributed by atoms with van der Waals surface area (Å²) in [5.74, 6) is 1.39. The Labute approximate surface area is 195 Å². The molecular weight excluding hydrogens is 446 g/mol. The van der Waals surface area contributed by atoms with Crippen molar-refractivity contribution in [2.75, 3.05) is 32.1 Å². The number of nitrogens with one attached hydrogen (secondary N) is 2. The number of benzene rings is 1. The molecule has 1 saturated heterocycles. The molecule has 1 saturated carbocycles. The number of fused-ring (bicyclic) bond motifs is 1. The van der Waals surface area contributed by atoms with Gasteiger partial charge in [0.25, 0.3) is 5.91 Å². The highest BCUT2D eigenvalue weighted by molar-refractivity contribution is 6.31. The highest BCUT2D eigenvalue weighted by Gasteiger charge is 2.32. The number of piperazine rings is 1. The maximum atomic E-state index is 13.3. The van der Waals surface area contributed by atoms with Crippen molar-refractivity contribution in [3.63, 3.8) is 0 Å². The van der Waals surface area contributed by atoms with Crippen LogP contribution in [0, 0.1) is 0 Å². The van der Waals surface area contributed by atoms with Crippen LogP contribution in [-0.4, -0.2) is 74.8 Å². The van der Waals surface area contributed by atoms with Gasteiger partial charge in [0.1, 0.15) is 5.82 Å². The van der Waals surface area contributed by atoms with Gasteiger partial charge in [-0.1, -0.05) is 11.6 Å². The van der Waals surface area contributed by atoms with E-state index in [0.717, 1.165) is 18.5 Å². The zero-order valence-corrected chi connectivity index (χ0v) is 19.1. The number of amides is 2. The van der Waals surface area contributed by atoms with E-state index in [9.17, 15) is 9.59 Å². The van der Waals surface area contributed by atoms with E-state index in [0.29, 0.717) is 53.1 Å². The minimum absolute atomic E-state index is 0.0731. The van der Waals surface area contributed by atoms with E-state index < -0.39 is 6.09 Å². The zero-order chi connectivity index (χ0) is 23.1. The average Bonchev–Trinajstić information content (AvgIpc) is 3.57. The molecule has 3 aromatic rings. The van der Waals surface area contributed by atoms with Crippen molar-refractivity contribution < 1.29 is 14.3 Å². The third-order valence-electron chi connectivity index (χ3n) is 6.03. The fraction of sp³-hybridized carbons (Fsp3) is 0.409. The van der Waals surface area contributed by atoms with Crippen LogP contribution in [0.5, 0.6) is 0 Å². The minimum Gasteiger partial charge on any atom is -0.453 e. The van der Waals surface area contributed by atoms with Gasteiger partial charge in [-0.25, -0.2) is 14.8 Å². The fourth-order valence-electron chi connectivity index (χ4n) is 4.09. The molecule has 1 aliphatic carbocycles. The standard InChI is InChI=1S/C22H24ClN7O3/c1-12-11-29(7-8-30(12)22(32)33-2)21(31)20-24-16-6-5-14(23)9-15(16)19(26-20)25-18-10-17(27-28-18)13-3-4-13/h5-6,9-10,12-13H,3-4,7-8,11H2,1-2H3,(H2,24,25,26,27,28)/t12-/m1/s1. The van der Waals surface area contributed by atoms with E-state index in [1.807, 2.05) is 13.0 Å². The van der Waals surface area contributed by atoms with Crippen molar-refractivity contribution in [1.82, 2.24) is 30.0 Å². The van der Waals surface area contributed by atoms with Gasteiger partial charge in [0, 0.05) is 53.8 Å². The Bertz CT molecular complexity index is 1230. The summed E-state index contributed by atoms with van der Waals surface area (Å²) in [6.45, 7) is 2.99. The quantitative estimate of drug-likeness (QED) is 0.600. The molecule has 2 fully saturated rings. The Morgan fingerprint density at radius 2 is 2.03 bits per heavy atom. The second-order valence-corrected chi connectivity index (χ2v) is 8.87. The van der Waals surface area contributed by atoms with Crippen molar-refractivity contribution in [1.29, 1.82) is 0 Å². The number of ether oxygens (including phenoxy) is 1. The summed E-state index contributed by atoms with van der Waals surface area (Å²) in [4.78, 5) is 37.5. The number of anilines is 2. The van der Waals surface area contributed by atoms with E-state index in [-0.39, 0.29) is 17.8 Å². The molecule has 0 bridgehead atoms. The number of aromatic amines is 1. The highest BCUT2D eigenvalue weighted by Crippen LogP contribution is 2.40. The first-order chi connectivity index (χ1) is 15.9. The fourth-order valence-corrected chi connectivity index (χ4v) is 4.26. The molecule has 1 aliphatic heterocycles. The van der Waals surface area contributed by atoms with Crippen LogP contribution >= 0.6 is 11.6 Å². The molecule has 1 aromatic carbocycles. The van der Waals surface area contributed by atoms with Crippen LogP contribution in [0.2, 0.25) is 5.02 Å². The van der Waals surface area contributed by atoms with Gasteiger partial charge in [-0.15, -0.1) is 0 Å². The first-order valence-corrected chi connectivity index (χ1v) is 11.2. The highest BCUT2D eigenvalue weighted by atomic mass is 35.5. The summed E-state index contributed by atoms with van der Waals surface area (Å²) in [6.07, 6.45) is 1.92. The first kappa shape index (κ1) is 21.4. The molecule has 3 heterocycles. The van der Waals surface area contributed by atoms with Gasteiger partial charge in [-0.2, -0.15) is 5.10 Å². The van der Waals surface area contributed by atoms with Gasteiger partial charge in [-0.3, -0.25) is 9.89 Å². The molecule has 2 aromatic heterocycles. The molecule has 0 unspecified atom stereocenters. The third kappa shape index (κ3) is 4.30. The number of nitrogens with zero attached hydrogens (tertiary/aromatic N) is 5. The lowest BCUT2D eigenvalue weighted by Gasteiger charge is -2.38. The van der Waals surface area contributed by atoms with Crippen molar-refractivity contribution in [3.8, 4) is 0 Å². The van der Waals surface area contributed by atoms with Crippen molar-refractivity contribution in [2.24, 2.45) is 0 Å². The second-order valence-electron chi connectivity index (χ2n) is 8.43. The molecule has 2 N–H and O–H groups in total. The van der Waals surface area contributed by atoms with Crippen molar-refractivity contribution >= 4 is 46.1 Å².